The summed E-state index contributed by atoms with van der Waals surface area (Å²) in [5, 5.41) is 6.41. The third-order valence-electron chi connectivity index (χ3n) is 4.66. The molecule has 160 valence electrons. The number of hydrazine groups is 1. The van der Waals surface area contributed by atoms with Crippen LogP contribution in [0, 0.1) is 0 Å². The lowest BCUT2D eigenvalue weighted by Crippen LogP contribution is -2.35. The largest absolute Gasteiger partial charge is 0.341 e. The van der Waals surface area contributed by atoms with Gasteiger partial charge in [-0.2, -0.15) is 15.0 Å². The van der Waals surface area contributed by atoms with Gasteiger partial charge in [-0.15, -0.1) is 0 Å². The second kappa shape index (κ2) is 9.94. The molecule has 1 aliphatic heterocycles. The van der Waals surface area contributed by atoms with E-state index in [2.05, 4.69) is 41.3 Å². The van der Waals surface area contributed by atoms with Crippen molar-refractivity contribution in [1.82, 2.24) is 20.4 Å². The van der Waals surface area contributed by atoms with E-state index in [9.17, 15) is 4.79 Å². The molecule has 2 amide bonds. The lowest BCUT2D eigenvalue weighted by Gasteiger charge is -2.27. The smallest absolute Gasteiger partial charge is 0.337 e. The van der Waals surface area contributed by atoms with Crippen LogP contribution in [-0.4, -0.2) is 34.1 Å². The molecule has 0 atom stereocenters. The predicted molar refractivity (Wildman–Crippen MR) is 123 cm³/mol. The van der Waals surface area contributed by atoms with Gasteiger partial charge in [0.25, 0.3) is 0 Å². The third-order valence-corrected chi connectivity index (χ3v) is 4.90. The van der Waals surface area contributed by atoms with Gasteiger partial charge in [-0.3, -0.25) is 5.43 Å². The van der Waals surface area contributed by atoms with E-state index in [1.807, 2.05) is 30.3 Å². The van der Waals surface area contributed by atoms with E-state index in [0.29, 0.717) is 22.6 Å². The Hall–Kier alpha value is -3.59. The SMILES string of the molecule is O=C(NNc1nc(Nc2ccccc2)nc(N2CCCCC2)n1)Nc1cccc(Cl)c1. The standard InChI is InChI=1S/C21H23ClN8O/c22-15-8-7-11-17(14-15)24-21(31)29-28-19-25-18(23-16-9-3-1-4-10-16)26-20(27-19)30-12-5-2-6-13-30/h1,3-4,7-11,14H,2,5-6,12-13H2,(H2,24,29,31)(H2,23,25,26,27,28). The number of para-hydroxylation sites is 1. The molecule has 9 nitrogen and oxygen atoms in total. The zero-order valence-electron chi connectivity index (χ0n) is 16.8. The van der Waals surface area contributed by atoms with Crippen molar-refractivity contribution >= 4 is 46.9 Å². The Balaban J connectivity index is 1.48. The number of rotatable bonds is 6. The predicted octanol–water partition coefficient (Wildman–Crippen LogP) is 4.41. The summed E-state index contributed by atoms with van der Waals surface area (Å²) in [6.45, 7) is 1.77. The summed E-state index contributed by atoms with van der Waals surface area (Å²) in [6, 6.07) is 16.0. The minimum atomic E-state index is -0.472. The quantitative estimate of drug-likeness (QED) is 0.422. The number of urea groups is 1. The molecule has 0 aliphatic carbocycles. The highest BCUT2D eigenvalue weighted by molar-refractivity contribution is 6.30. The van der Waals surface area contributed by atoms with E-state index in [0.717, 1.165) is 31.6 Å². The Bertz CT molecular complexity index is 1030. The van der Waals surface area contributed by atoms with Gasteiger partial charge in [0, 0.05) is 29.5 Å². The number of piperidine rings is 1. The van der Waals surface area contributed by atoms with E-state index in [1.165, 1.54) is 6.42 Å². The van der Waals surface area contributed by atoms with Gasteiger partial charge >= 0.3 is 6.03 Å². The zero-order valence-corrected chi connectivity index (χ0v) is 17.6. The second-order valence-electron chi connectivity index (χ2n) is 7.04. The van der Waals surface area contributed by atoms with Gasteiger partial charge in [-0.25, -0.2) is 10.2 Å². The average molecular weight is 439 g/mol. The number of anilines is 5. The molecule has 0 bridgehead atoms. The Labute approximate surface area is 185 Å². The van der Waals surface area contributed by atoms with Crippen LogP contribution in [0.15, 0.2) is 54.6 Å². The molecule has 4 N–H and O–H groups in total. The van der Waals surface area contributed by atoms with Gasteiger partial charge < -0.3 is 15.5 Å². The minimum Gasteiger partial charge on any atom is -0.341 e. The first-order valence-corrected chi connectivity index (χ1v) is 10.5. The highest BCUT2D eigenvalue weighted by Gasteiger charge is 2.17. The number of amides is 2. The number of hydrogen-bond acceptors (Lipinski definition) is 7. The van der Waals surface area contributed by atoms with Crippen molar-refractivity contribution in [3.05, 3.63) is 59.6 Å². The van der Waals surface area contributed by atoms with Gasteiger partial charge in [-0.1, -0.05) is 35.9 Å². The van der Waals surface area contributed by atoms with Crippen LogP contribution in [0.4, 0.5) is 34.0 Å². The maximum absolute atomic E-state index is 12.2. The van der Waals surface area contributed by atoms with Crippen LogP contribution in [0.3, 0.4) is 0 Å². The number of halogens is 1. The number of carbonyl (C=O) groups is 1. The van der Waals surface area contributed by atoms with Crippen molar-refractivity contribution in [3.8, 4) is 0 Å². The van der Waals surface area contributed by atoms with E-state index in [4.69, 9.17) is 11.6 Å². The molecule has 0 spiro atoms. The molecular formula is C21H23ClN8O. The third kappa shape index (κ3) is 5.95. The Morgan fingerprint density at radius 3 is 2.39 bits per heavy atom. The molecule has 10 heteroatoms. The Kier molecular flexibility index (Phi) is 6.63. The van der Waals surface area contributed by atoms with E-state index in [-0.39, 0.29) is 5.95 Å². The highest BCUT2D eigenvalue weighted by Crippen LogP contribution is 2.20. The number of nitrogens with zero attached hydrogens (tertiary/aromatic N) is 4. The summed E-state index contributed by atoms with van der Waals surface area (Å²) < 4.78 is 0. The Morgan fingerprint density at radius 1 is 0.871 bits per heavy atom. The summed E-state index contributed by atoms with van der Waals surface area (Å²) in [4.78, 5) is 27.8. The normalized spacial score (nSPS) is 13.4. The van der Waals surface area contributed by atoms with E-state index >= 15 is 0 Å². The summed E-state index contributed by atoms with van der Waals surface area (Å²) in [7, 11) is 0. The Morgan fingerprint density at radius 2 is 1.61 bits per heavy atom. The topological polar surface area (TPSA) is 107 Å². The molecule has 1 aliphatic rings. The second-order valence-corrected chi connectivity index (χ2v) is 7.47. The van der Waals surface area contributed by atoms with Gasteiger partial charge in [-0.05, 0) is 49.6 Å². The summed E-state index contributed by atoms with van der Waals surface area (Å²) >= 11 is 5.95. The molecule has 3 aromatic rings. The molecule has 0 radical (unpaired) electrons. The fourth-order valence-corrected chi connectivity index (χ4v) is 3.39. The van der Waals surface area contributed by atoms with Gasteiger partial charge in [0.05, 0.1) is 0 Å². The first-order chi connectivity index (χ1) is 15.2. The molecule has 0 saturated carbocycles. The lowest BCUT2D eigenvalue weighted by atomic mass is 10.1. The highest BCUT2D eigenvalue weighted by atomic mass is 35.5. The minimum absolute atomic E-state index is 0.232. The van der Waals surface area contributed by atoms with Gasteiger partial charge in [0.15, 0.2) is 0 Å². The van der Waals surface area contributed by atoms with Crippen LogP contribution in [0.5, 0.6) is 0 Å². The number of hydrogen-bond donors (Lipinski definition) is 4. The molecule has 2 aromatic carbocycles. The fourth-order valence-electron chi connectivity index (χ4n) is 3.20. The van der Waals surface area contributed by atoms with Gasteiger partial charge in [0.1, 0.15) is 0 Å². The van der Waals surface area contributed by atoms with Crippen molar-refractivity contribution in [2.24, 2.45) is 0 Å². The lowest BCUT2D eigenvalue weighted by molar-refractivity contribution is 0.253. The first kappa shape index (κ1) is 20.7. The maximum atomic E-state index is 12.2. The number of nitrogens with one attached hydrogen (secondary N) is 4. The zero-order chi connectivity index (χ0) is 21.5. The summed E-state index contributed by atoms with van der Waals surface area (Å²) in [6.07, 6.45) is 3.39. The summed E-state index contributed by atoms with van der Waals surface area (Å²) in [5.41, 5.74) is 6.74. The van der Waals surface area contributed by atoms with E-state index < -0.39 is 6.03 Å². The van der Waals surface area contributed by atoms with Crippen LogP contribution in [0.2, 0.25) is 5.02 Å². The molecular weight excluding hydrogens is 416 g/mol. The molecule has 4 rings (SSSR count). The van der Waals surface area contributed by atoms with Crippen molar-refractivity contribution in [3.63, 3.8) is 0 Å². The van der Waals surface area contributed by atoms with Gasteiger partial charge in [0.2, 0.25) is 17.8 Å². The average Bonchev–Trinajstić information content (AvgIpc) is 2.79. The fraction of sp³-hybridized carbons (Fsp3) is 0.238. The van der Waals surface area contributed by atoms with Crippen LogP contribution < -0.4 is 26.4 Å². The molecule has 1 fully saturated rings. The molecule has 1 saturated heterocycles. The van der Waals surface area contributed by atoms with Crippen molar-refractivity contribution in [2.75, 3.05) is 34.0 Å². The van der Waals surface area contributed by atoms with Crippen LogP contribution in [-0.2, 0) is 0 Å². The molecule has 2 heterocycles. The van der Waals surface area contributed by atoms with Crippen molar-refractivity contribution in [1.29, 1.82) is 0 Å². The number of carbonyl (C=O) groups excluding carboxylic acids is 1. The van der Waals surface area contributed by atoms with Crippen LogP contribution in [0.1, 0.15) is 19.3 Å². The molecule has 1 aromatic heterocycles. The number of aromatic nitrogens is 3. The summed E-state index contributed by atoms with van der Waals surface area (Å²) in [5.74, 6) is 1.18. The van der Waals surface area contributed by atoms with Crippen LogP contribution >= 0.6 is 11.6 Å². The first-order valence-electron chi connectivity index (χ1n) is 10.1. The van der Waals surface area contributed by atoms with Crippen molar-refractivity contribution < 1.29 is 4.79 Å². The molecule has 0 unspecified atom stereocenters. The molecule has 31 heavy (non-hydrogen) atoms. The van der Waals surface area contributed by atoms with Crippen LogP contribution in [0.25, 0.3) is 0 Å². The van der Waals surface area contributed by atoms with E-state index in [1.54, 1.807) is 24.3 Å². The maximum Gasteiger partial charge on any atom is 0.337 e. The van der Waals surface area contributed by atoms with Crippen molar-refractivity contribution in [2.45, 2.75) is 19.3 Å². The monoisotopic (exact) mass is 438 g/mol. The number of benzene rings is 2.